The van der Waals surface area contributed by atoms with Crippen LogP contribution in [0.2, 0.25) is 0 Å². The third-order valence-electron chi connectivity index (χ3n) is 2.55. The van der Waals surface area contributed by atoms with Crippen LogP contribution in [0.15, 0.2) is 36.4 Å². The number of rotatable bonds is 4. The number of carbonyl (C=O) groups is 1. The summed E-state index contributed by atoms with van der Waals surface area (Å²) < 4.78 is 18.6. The first-order chi connectivity index (χ1) is 9.63. The third kappa shape index (κ3) is 3.01. The molecule has 1 aromatic heterocycles. The van der Waals surface area contributed by atoms with Gasteiger partial charge in [-0.05, 0) is 24.3 Å². The van der Waals surface area contributed by atoms with E-state index in [-0.39, 0.29) is 11.4 Å². The second-order valence-corrected chi connectivity index (χ2v) is 3.85. The number of hydrogen-bond acceptors (Lipinski definition) is 5. The van der Waals surface area contributed by atoms with Crippen molar-refractivity contribution in [3.8, 4) is 5.75 Å². The lowest BCUT2D eigenvalue weighted by Crippen LogP contribution is -2.16. The fourth-order valence-corrected chi connectivity index (χ4v) is 1.56. The van der Waals surface area contributed by atoms with E-state index in [1.807, 2.05) is 0 Å². The van der Waals surface area contributed by atoms with Crippen molar-refractivity contribution in [1.29, 1.82) is 0 Å². The summed E-state index contributed by atoms with van der Waals surface area (Å²) in [6.45, 7) is 0. The lowest BCUT2D eigenvalue weighted by atomic mass is 10.2. The monoisotopic (exact) mass is 276 g/mol. The predicted octanol–water partition coefficient (Wildman–Crippen LogP) is 1.77. The lowest BCUT2D eigenvalue weighted by molar-refractivity contribution is 0.102. The molecule has 7 heteroatoms. The van der Waals surface area contributed by atoms with Gasteiger partial charge < -0.3 is 15.5 Å². The summed E-state index contributed by atoms with van der Waals surface area (Å²) in [6, 6.07) is 8.76. The number of nitrogen functional groups attached to an aromatic ring is 1. The normalized spacial score (nSPS) is 9.95. The molecule has 0 atom stereocenters. The highest BCUT2D eigenvalue weighted by Gasteiger charge is 2.12. The first-order valence-corrected chi connectivity index (χ1v) is 5.72. The van der Waals surface area contributed by atoms with Crippen molar-refractivity contribution in [3.05, 3.63) is 47.9 Å². The summed E-state index contributed by atoms with van der Waals surface area (Å²) in [5.41, 5.74) is 2.46. The molecule has 0 bridgehead atoms. The molecule has 0 saturated heterocycles. The van der Waals surface area contributed by atoms with Gasteiger partial charge in [-0.25, -0.2) is 15.2 Å². The summed E-state index contributed by atoms with van der Waals surface area (Å²) >= 11 is 0. The van der Waals surface area contributed by atoms with E-state index < -0.39 is 11.7 Å². The minimum absolute atomic E-state index is 0.0160. The number of hydrazine groups is 1. The number of ether oxygens (including phenoxy) is 1. The Balaban J connectivity index is 2.22. The van der Waals surface area contributed by atoms with Crippen LogP contribution in [0.5, 0.6) is 5.75 Å². The molecule has 2 aromatic rings. The summed E-state index contributed by atoms with van der Waals surface area (Å²) in [5, 5.41) is 2.43. The quantitative estimate of drug-likeness (QED) is 0.585. The molecule has 1 heterocycles. The second kappa shape index (κ2) is 5.98. The van der Waals surface area contributed by atoms with Gasteiger partial charge in [0.05, 0.1) is 12.8 Å². The Kier molecular flexibility index (Phi) is 4.11. The minimum atomic E-state index is -0.563. The van der Waals surface area contributed by atoms with Crippen molar-refractivity contribution in [2.45, 2.75) is 0 Å². The number of benzene rings is 1. The molecule has 0 radical (unpaired) electrons. The van der Waals surface area contributed by atoms with E-state index in [4.69, 9.17) is 10.6 Å². The Morgan fingerprint density at radius 1 is 1.35 bits per heavy atom. The smallest absolute Gasteiger partial charge is 0.274 e. The molecule has 0 spiro atoms. The van der Waals surface area contributed by atoms with E-state index in [1.54, 1.807) is 12.1 Å². The molecular formula is C13H13FN4O2. The van der Waals surface area contributed by atoms with Crippen LogP contribution < -0.4 is 21.3 Å². The van der Waals surface area contributed by atoms with E-state index in [0.717, 1.165) is 0 Å². The predicted molar refractivity (Wildman–Crippen MR) is 73.0 cm³/mol. The van der Waals surface area contributed by atoms with Crippen LogP contribution in [0.1, 0.15) is 10.5 Å². The average molecular weight is 276 g/mol. The molecule has 0 aliphatic heterocycles. The Bertz CT molecular complexity index is 634. The number of halogens is 1. The number of nitrogens with one attached hydrogen (secondary N) is 2. The fraction of sp³-hybridized carbons (Fsp3) is 0.0769. The number of nitrogens with two attached hydrogens (primary N) is 1. The van der Waals surface area contributed by atoms with Gasteiger partial charge in [0.1, 0.15) is 23.1 Å². The van der Waals surface area contributed by atoms with Crippen LogP contribution in [-0.2, 0) is 0 Å². The van der Waals surface area contributed by atoms with Gasteiger partial charge >= 0.3 is 0 Å². The molecule has 1 amide bonds. The van der Waals surface area contributed by atoms with Crippen molar-refractivity contribution in [2.75, 3.05) is 17.9 Å². The highest BCUT2D eigenvalue weighted by Crippen LogP contribution is 2.21. The van der Waals surface area contributed by atoms with Crippen LogP contribution in [0.25, 0.3) is 0 Å². The van der Waals surface area contributed by atoms with Crippen LogP contribution in [0, 0.1) is 5.82 Å². The van der Waals surface area contributed by atoms with E-state index in [9.17, 15) is 9.18 Å². The number of anilines is 2. The molecule has 0 aliphatic carbocycles. The van der Waals surface area contributed by atoms with Crippen LogP contribution in [0.3, 0.4) is 0 Å². The Labute approximate surface area is 114 Å². The first-order valence-electron chi connectivity index (χ1n) is 5.72. The SMILES string of the molecule is COc1ccc(F)c(NC(=O)c2cccc(NN)n2)c1. The zero-order valence-corrected chi connectivity index (χ0v) is 10.7. The molecule has 0 saturated carbocycles. The average Bonchev–Trinajstić information content (AvgIpc) is 2.49. The zero-order valence-electron chi connectivity index (χ0n) is 10.7. The van der Waals surface area contributed by atoms with Gasteiger partial charge in [-0.15, -0.1) is 0 Å². The van der Waals surface area contributed by atoms with Crippen molar-refractivity contribution in [3.63, 3.8) is 0 Å². The minimum Gasteiger partial charge on any atom is -0.497 e. The van der Waals surface area contributed by atoms with Gasteiger partial charge in [-0.3, -0.25) is 4.79 Å². The summed E-state index contributed by atoms with van der Waals surface area (Å²) in [6.07, 6.45) is 0. The maximum Gasteiger partial charge on any atom is 0.274 e. The summed E-state index contributed by atoms with van der Waals surface area (Å²) in [7, 11) is 1.46. The number of amides is 1. The van der Waals surface area contributed by atoms with Gasteiger partial charge in [-0.2, -0.15) is 0 Å². The molecule has 2 rings (SSSR count). The topological polar surface area (TPSA) is 89.3 Å². The molecule has 0 fully saturated rings. The molecule has 4 N–H and O–H groups in total. The molecule has 6 nitrogen and oxygen atoms in total. The van der Waals surface area contributed by atoms with Gasteiger partial charge in [0.2, 0.25) is 0 Å². The molecule has 1 aromatic carbocycles. The third-order valence-corrected chi connectivity index (χ3v) is 2.55. The lowest BCUT2D eigenvalue weighted by Gasteiger charge is -2.08. The largest absolute Gasteiger partial charge is 0.497 e. The molecule has 104 valence electrons. The fourth-order valence-electron chi connectivity index (χ4n) is 1.56. The maximum atomic E-state index is 13.6. The Morgan fingerprint density at radius 2 is 2.15 bits per heavy atom. The Morgan fingerprint density at radius 3 is 2.85 bits per heavy atom. The van der Waals surface area contributed by atoms with E-state index in [1.165, 1.54) is 31.4 Å². The van der Waals surface area contributed by atoms with Crippen molar-refractivity contribution >= 4 is 17.4 Å². The van der Waals surface area contributed by atoms with Crippen LogP contribution in [-0.4, -0.2) is 18.0 Å². The number of hydrogen-bond donors (Lipinski definition) is 3. The van der Waals surface area contributed by atoms with Crippen LogP contribution in [0.4, 0.5) is 15.9 Å². The second-order valence-electron chi connectivity index (χ2n) is 3.85. The van der Waals surface area contributed by atoms with Crippen molar-refractivity contribution < 1.29 is 13.9 Å². The van der Waals surface area contributed by atoms with Crippen molar-refractivity contribution in [2.24, 2.45) is 5.84 Å². The highest BCUT2D eigenvalue weighted by molar-refractivity contribution is 6.03. The van der Waals surface area contributed by atoms with E-state index in [2.05, 4.69) is 15.7 Å². The molecular weight excluding hydrogens is 263 g/mol. The number of nitrogens with zero attached hydrogens (tertiary/aromatic N) is 1. The summed E-state index contributed by atoms with van der Waals surface area (Å²) in [4.78, 5) is 15.9. The highest BCUT2D eigenvalue weighted by atomic mass is 19.1. The van der Waals surface area contributed by atoms with Gasteiger partial charge in [0.15, 0.2) is 0 Å². The standard InChI is InChI=1S/C13H13FN4O2/c1-20-8-5-6-9(14)11(7-8)17-13(19)10-3-2-4-12(16-10)18-15/h2-7H,15H2,1H3,(H,16,18)(H,17,19). The van der Waals surface area contributed by atoms with Gasteiger partial charge in [0, 0.05) is 6.07 Å². The number of pyridine rings is 1. The zero-order chi connectivity index (χ0) is 14.5. The number of aromatic nitrogens is 1. The Hall–Kier alpha value is -2.67. The first kappa shape index (κ1) is 13.8. The van der Waals surface area contributed by atoms with Crippen LogP contribution >= 0.6 is 0 Å². The summed E-state index contributed by atoms with van der Waals surface area (Å²) in [5.74, 6) is 4.88. The van der Waals surface area contributed by atoms with Gasteiger partial charge in [0.25, 0.3) is 5.91 Å². The number of methoxy groups -OCH3 is 1. The molecule has 0 unspecified atom stereocenters. The maximum absolute atomic E-state index is 13.6. The molecule has 20 heavy (non-hydrogen) atoms. The van der Waals surface area contributed by atoms with E-state index >= 15 is 0 Å². The van der Waals surface area contributed by atoms with Crippen molar-refractivity contribution in [1.82, 2.24) is 4.98 Å². The van der Waals surface area contributed by atoms with Gasteiger partial charge in [-0.1, -0.05) is 6.07 Å². The molecule has 0 aliphatic rings. The van der Waals surface area contributed by atoms with E-state index in [0.29, 0.717) is 11.6 Å². The number of carbonyl (C=O) groups excluding carboxylic acids is 1.